The van der Waals surface area contributed by atoms with Crippen LogP contribution in [-0.2, 0) is 9.59 Å². The van der Waals surface area contributed by atoms with E-state index in [0.29, 0.717) is 24.1 Å². The largest absolute Gasteiger partial charge is 0.298 e. The summed E-state index contributed by atoms with van der Waals surface area (Å²) < 4.78 is 0. The van der Waals surface area contributed by atoms with E-state index < -0.39 is 5.92 Å². The first kappa shape index (κ1) is 12.5. The summed E-state index contributed by atoms with van der Waals surface area (Å²) in [5, 5.41) is 4.04. The maximum atomic E-state index is 12.0. The zero-order chi connectivity index (χ0) is 14.1. The molecule has 100 valence electrons. The standard InChI is InChI=1S/C15H12N2O3/c18-8-9-1-2-10-5-6-16-14(12(10)7-9)11-3-4-13(19)17-15(11)20/h1-2,5-8,11H,3-4H2,(H,17,19,20). The van der Waals surface area contributed by atoms with E-state index in [1.807, 2.05) is 12.1 Å². The van der Waals surface area contributed by atoms with Crippen molar-refractivity contribution in [3.05, 3.63) is 41.7 Å². The number of fused-ring (bicyclic) bond motifs is 1. The topological polar surface area (TPSA) is 76.1 Å². The Balaban J connectivity index is 2.13. The SMILES string of the molecule is O=Cc1ccc2ccnc(C3CCC(=O)NC3=O)c2c1. The highest BCUT2D eigenvalue weighted by atomic mass is 16.2. The second-order valence-corrected chi connectivity index (χ2v) is 4.80. The number of benzene rings is 1. The Hall–Kier alpha value is -2.56. The predicted molar refractivity (Wildman–Crippen MR) is 72.3 cm³/mol. The fraction of sp³-hybridized carbons (Fsp3) is 0.200. The van der Waals surface area contributed by atoms with E-state index in [0.717, 1.165) is 17.1 Å². The molecule has 1 aromatic heterocycles. The van der Waals surface area contributed by atoms with Gasteiger partial charge in [0.25, 0.3) is 0 Å². The number of nitrogens with zero attached hydrogens (tertiary/aromatic N) is 1. The van der Waals surface area contributed by atoms with E-state index in [1.54, 1.807) is 18.3 Å². The van der Waals surface area contributed by atoms with Crippen LogP contribution in [-0.4, -0.2) is 23.1 Å². The number of piperidine rings is 1. The van der Waals surface area contributed by atoms with Gasteiger partial charge in [-0.25, -0.2) is 0 Å². The Labute approximate surface area is 115 Å². The first-order valence-corrected chi connectivity index (χ1v) is 6.36. The molecule has 0 bridgehead atoms. The first-order valence-electron chi connectivity index (χ1n) is 6.36. The number of hydrogen-bond donors (Lipinski definition) is 1. The molecule has 20 heavy (non-hydrogen) atoms. The molecule has 5 nitrogen and oxygen atoms in total. The van der Waals surface area contributed by atoms with Crippen LogP contribution >= 0.6 is 0 Å². The summed E-state index contributed by atoms with van der Waals surface area (Å²) in [6, 6.07) is 7.12. The van der Waals surface area contributed by atoms with E-state index in [-0.39, 0.29) is 11.8 Å². The van der Waals surface area contributed by atoms with Crippen molar-refractivity contribution in [1.82, 2.24) is 10.3 Å². The van der Waals surface area contributed by atoms with Gasteiger partial charge in [-0.2, -0.15) is 0 Å². The second kappa shape index (κ2) is 4.85. The molecular weight excluding hydrogens is 256 g/mol. The molecule has 3 rings (SSSR count). The average Bonchev–Trinajstić information content (AvgIpc) is 2.46. The molecule has 1 N–H and O–H groups in total. The molecule has 1 unspecified atom stereocenters. The zero-order valence-corrected chi connectivity index (χ0v) is 10.6. The van der Waals surface area contributed by atoms with E-state index >= 15 is 0 Å². The van der Waals surface area contributed by atoms with Crippen LogP contribution in [0.1, 0.15) is 34.8 Å². The van der Waals surface area contributed by atoms with Crippen molar-refractivity contribution >= 4 is 28.9 Å². The third-order valence-electron chi connectivity index (χ3n) is 3.53. The van der Waals surface area contributed by atoms with E-state index in [2.05, 4.69) is 10.3 Å². The van der Waals surface area contributed by atoms with Crippen LogP contribution in [0, 0.1) is 0 Å². The van der Waals surface area contributed by atoms with Gasteiger partial charge < -0.3 is 0 Å². The summed E-state index contributed by atoms with van der Waals surface area (Å²) >= 11 is 0. The van der Waals surface area contributed by atoms with Crippen LogP contribution in [0.25, 0.3) is 10.8 Å². The van der Waals surface area contributed by atoms with Crippen molar-refractivity contribution < 1.29 is 14.4 Å². The van der Waals surface area contributed by atoms with Gasteiger partial charge in [0, 0.05) is 23.6 Å². The Morgan fingerprint density at radius 1 is 1.25 bits per heavy atom. The summed E-state index contributed by atoms with van der Waals surface area (Å²) in [4.78, 5) is 38.4. The minimum atomic E-state index is -0.446. The molecular formula is C15H12N2O3. The van der Waals surface area contributed by atoms with Crippen LogP contribution in [0.5, 0.6) is 0 Å². The van der Waals surface area contributed by atoms with Gasteiger partial charge in [-0.3, -0.25) is 24.7 Å². The zero-order valence-electron chi connectivity index (χ0n) is 10.6. The quantitative estimate of drug-likeness (QED) is 0.662. The molecule has 2 heterocycles. The summed E-state index contributed by atoms with van der Waals surface area (Å²) in [6.07, 6.45) is 3.16. The molecule has 1 aliphatic heterocycles. The van der Waals surface area contributed by atoms with E-state index in [4.69, 9.17) is 0 Å². The number of rotatable bonds is 2. The third-order valence-corrected chi connectivity index (χ3v) is 3.53. The molecule has 1 saturated heterocycles. The minimum Gasteiger partial charge on any atom is -0.298 e. The van der Waals surface area contributed by atoms with Crippen molar-refractivity contribution in [2.24, 2.45) is 0 Å². The Kier molecular flexibility index (Phi) is 3.02. The summed E-state index contributed by atoms with van der Waals surface area (Å²) in [5.74, 6) is -1.02. The maximum absolute atomic E-state index is 12.0. The molecule has 0 aliphatic carbocycles. The highest BCUT2D eigenvalue weighted by molar-refractivity contribution is 6.03. The summed E-state index contributed by atoms with van der Waals surface area (Å²) in [7, 11) is 0. The number of aromatic nitrogens is 1. The fourth-order valence-electron chi connectivity index (χ4n) is 2.51. The monoisotopic (exact) mass is 268 g/mol. The second-order valence-electron chi connectivity index (χ2n) is 4.80. The van der Waals surface area contributed by atoms with Crippen LogP contribution in [0.3, 0.4) is 0 Å². The van der Waals surface area contributed by atoms with Crippen molar-refractivity contribution in [2.45, 2.75) is 18.8 Å². The Morgan fingerprint density at radius 2 is 2.10 bits per heavy atom. The van der Waals surface area contributed by atoms with Gasteiger partial charge in [-0.15, -0.1) is 0 Å². The van der Waals surface area contributed by atoms with Crippen molar-refractivity contribution in [3.63, 3.8) is 0 Å². The fourth-order valence-corrected chi connectivity index (χ4v) is 2.51. The van der Waals surface area contributed by atoms with Crippen LogP contribution < -0.4 is 5.32 Å². The Morgan fingerprint density at radius 3 is 2.85 bits per heavy atom. The van der Waals surface area contributed by atoms with Crippen molar-refractivity contribution in [3.8, 4) is 0 Å². The first-order chi connectivity index (χ1) is 9.69. The highest BCUT2D eigenvalue weighted by Crippen LogP contribution is 2.29. The summed E-state index contributed by atoms with van der Waals surface area (Å²) in [5.41, 5.74) is 1.16. The van der Waals surface area contributed by atoms with Gasteiger partial charge in [0.2, 0.25) is 11.8 Å². The van der Waals surface area contributed by atoms with Crippen LogP contribution in [0.15, 0.2) is 30.5 Å². The molecule has 1 fully saturated rings. The number of carbonyl (C=O) groups is 3. The maximum Gasteiger partial charge on any atom is 0.235 e. The molecule has 0 saturated carbocycles. The van der Waals surface area contributed by atoms with Gasteiger partial charge in [-0.05, 0) is 23.9 Å². The van der Waals surface area contributed by atoms with Gasteiger partial charge in [0.15, 0.2) is 0 Å². The van der Waals surface area contributed by atoms with Crippen molar-refractivity contribution in [1.29, 1.82) is 0 Å². The predicted octanol–water partition coefficient (Wildman–Crippen LogP) is 1.57. The number of amides is 2. The summed E-state index contributed by atoms with van der Waals surface area (Å²) in [6.45, 7) is 0. The lowest BCUT2D eigenvalue weighted by molar-refractivity contribution is -0.134. The molecule has 0 radical (unpaired) electrons. The molecule has 0 spiro atoms. The van der Waals surface area contributed by atoms with Crippen molar-refractivity contribution in [2.75, 3.05) is 0 Å². The van der Waals surface area contributed by atoms with Crippen LogP contribution in [0.4, 0.5) is 0 Å². The van der Waals surface area contributed by atoms with E-state index in [1.165, 1.54) is 0 Å². The molecule has 1 atom stereocenters. The lowest BCUT2D eigenvalue weighted by Gasteiger charge is -2.21. The molecule has 5 heteroatoms. The minimum absolute atomic E-state index is 0.250. The molecule has 1 aromatic carbocycles. The van der Waals surface area contributed by atoms with E-state index in [9.17, 15) is 14.4 Å². The van der Waals surface area contributed by atoms with Crippen LogP contribution in [0.2, 0.25) is 0 Å². The number of carbonyl (C=O) groups excluding carboxylic acids is 3. The molecule has 1 aliphatic rings. The Bertz CT molecular complexity index is 724. The smallest absolute Gasteiger partial charge is 0.235 e. The molecule has 2 amide bonds. The molecule has 2 aromatic rings. The van der Waals surface area contributed by atoms with Gasteiger partial charge in [-0.1, -0.05) is 12.1 Å². The average molecular weight is 268 g/mol. The normalized spacial score (nSPS) is 18.9. The van der Waals surface area contributed by atoms with Gasteiger partial charge in [0.05, 0.1) is 11.6 Å². The number of nitrogens with one attached hydrogen (secondary N) is 1. The number of aldehydes is 1. The number of pyridine rings is 1. The lowest BCUT2D eigenvalue weighted by Crippen LogP contribution is -2.39. The van der Waals surface area contributed by atoms with Gasteiger partial charge in [0.1, 0.15) is 6.29 Å². The number of hydrogen-bond acceptors (Lipinski definition) is 4. The lowest BCUT2D eigenvalue weighted by atomic mass is 9.91. The third kappa shape index (κ3) is 2.07. The number of imide groups is 1. The van der Waals surface area contributed by atoms with Gasteiger partial charge >= 0.3 is 0 Å². The highest BCUT2D eigenvalue weighted by Gasteiger charge is 2.30.